The van der Waals surface area contributed by atoms with E-state index in [1.807, 2.05) is 13.8 Å². The molecule has 0 unspecified atom stereocenters. The van der Waals surface area contributed by atoms with Crippen LogP contribution in [-0.2, 0) is 30.4 Å². The van der Waals surface area contributed by atoms with Gasteiger partial charge in [0.05, 0.1) is 13.1 Å². The maximum atomic E-state index is 10.4. The van der Waals surface area contributed by atoms with Gasteiger partial charge in [-0.3, -0.25) is 24.0 Å². The van der Waals surface area contributed by atoms with Gasteiger partial charge < -0.3 is 59.3 Å². The Morgan fingerprint density at radius 3 is 1.18 bits per heavy atom. The van der Waals surface area contributed by atoms with E-state index in [1.54, 1.807) is 12.1 Å². The van der Waals surface area contributed by atoms with Crippen LogP contribution in [0.4, 0.5) is 0 Å². The van der Waals surface area contributed by atoms with Crippen molar-refractivity contribution in [1.29, 1.82) is 0 Å². The van der Waals surface area contributed by atoms with Gasteiger partial charge in [-0.15, -0.1) is 0 Å². The van der Waals surface area contributed by atoms with E-state index in [0.29, 0.717) is 12.3 Å². The molecule has 0 radical (unpaired) electrons. The summed E-state index contributed by atoms with van der Waals surface area (Å²) in [4.78, 5) is 48.6. The topological polar surface area (TPSA) is 337 Å². The molecule has 1 aromatic carbocycles. The molecule has 0 aromatic heterocycles. The average molecular weight is 552 g/mol. The van der Waals surface area contributed by atoms with Gasteiger partial charge in [-0.05, 0) is 43.4 Å². The van der Waals surface area contributed by atoms with E-state index in [1.165, 1.54) is 19.1 Å². The Labute approximate surface area is 220 Å². The lowest BCUT2D eigenvalue weighted by molar-refractivity contribution is -0.139. The van der Waals surface area contributed by atoms with Crippen LogP contribution in [0.25, 0.3) is 0 Å². The third kappa shape index (κ3) is 34.3. The van der Waals surface area contributed by atoms with E-state index in [-0.39, 0.29) is 25.3 Å². The van der Waals surface area contributed by atoms with Crippen LogP contribution in [0.5, 0.6) is 5.75 Å². The molecule has 1 rings (SSSR count). The van der Waals surface area contributed by atoms with Crippen LogP contribution >= 0.6 is 0 Å². The van der Waals surface area contributed by atoms with Crippen molar-refractivity contribution in [2.45, 2.75) is 51.7 Å². The number of aromatic hydroxyl groups is 1. The molecular formula is C22H41N5O11. The van der Waals surface area contributed by atoms with Crippen LogP contribution < -0.4 is 28.7 Å². The molecule has 1 aromatic rings. The van der Waals surface area contributed by atoms with Gasteiger partial charge in [-0.2, -0.15) is 0 Å². The molecule has 0 spiro atoms. The minimum absolute atomic E-state index is 0.160. The number of hydrogen-bond donors (Lipinski definition) is 11. The largest absolute Gasteiger partial charge is 0.508 e. The molecule has 0 saturated carbocycles. The normalized spacial score (nSPS) is 11.6. The van der Waals surface area contributed by atoms with Crippen molar-refractivity contribution in [2.24, 2.45) is 34.6 Å². The summed E-state index contributed by atoms with van der Waals surface area (Å²) >= 11 is 0. The standard InChI is InChI=1S/C9H11NO3.C6H13NO2.C3H7NO2.2C2H5NO2/c10-8(9(12)13)5-6-1-3-7(11)4-2-6;1-4(2)3-5(7)6(8)9;1-2(4)3(5)6;2*3-1-2(4)5/h1-4,8,11H,5,10H2,(H,12,13);4-5H,3,7H2,1-2H3,(H,8,9);2H,4H2,1H3,(H,5,6);2*1,3H2,(H,4,5)/t8-;5-;2-;;/m000../s1. The van der Waals surface area contributed by atoms with Crippen molar-refractivity contribution in [3.63, 3.8) is 0 Å². The molecule has 0 fully saturated rings. The van der Waals surface area contributed by atoms with Gasteiger partial charge >= 0.3 is 29.8 Å². The monoisotopic (exact) mass is 551 g/mol. The predicted molar refractivity (Wildman–Crippen MR) is 137 cm³/mol. The van der Waals surface area contributed by atoms with Gasteiger partial charge in [0.1, 0.15) is 23.9 Å². The summed E-state index contributed by atoms with van der Waals surface area (Å²) in [6.45, 7) is 4.76. The first kappa shape index (κ1) is 41.3. The highest BCUT2D eigenvalue weighted by Crippen LogP contribution is 2.10. The van der Waals surface area contributed by atoms with E-state index in [4.69, 9.17) is 47.8 Å². The molecule has 3 atom stereocenters. The van der Waals surface area contributed by atoms with Crippen LogP contribution in [0.15, 0.2) is 24.3 Å². The summed E-state index contributed by atoms with van der Waals surface area (Å²) in [6, 6.07) is 4.00. The van der Waals surface area contributed by atoms with E-state index in [0.717, 1.165) is 5.56 Å². The van der Waals surface area contributed by atoms with Gasteiger partial charge in [0, 0.05) is 0 Å². The van der Waals surface area contributed by atoms with E-state index in [2.05, 4.69) is 11.5 Å². The molecule has 0 bridgehead atoms. The number of carbonyl (C=O) groups is 5. The summed E-state index contributed by atoms with van der Waals surface area (Å²) in [7, 11) is 0. The van der Waals surface area contributed by atoms with Crippen molar-refractivity contribution in [3.05, 3.63) is 29.8 Å². The summed E-state index contributed by atoms with van der Waals surface area (Å²) in [6.07, 6.45) is 0.824. The van der Waals surface area contributed by atoms with Crippen LogP contribution in [0.3, 0.4) is 0 Å². The number of aliphatic carboxylic acids is 5. The second kappa shape index (κ2) is 24.8. The van der Waals surface area contributed by atoms with Crippen molar-refractivity contribution >= 4 is 29.8 Å². The summed E-state index contributed by atoms with van der Waals surface area (Å²) < 4.78 is 0. The number of carboxylic acid groups (broad SMARTS) is 5. The average Bonchev–Trinajstić information content (AvgIpc) is 2.81. The maximum absolute atomic E-state index is 10.4. The fourth-order valence-electron chi connectivity index (χ4n) is 1.58. The lowest BCUT2D eigenvalue weighted by Crippen LogP contribution is -2.32. The zero-order valence-corrected chi connectivity index (χ0v) is 21.6. The first-order chi connectivity index (χ1) is 17.3. The Morgan fingerprint density at radius 2 is 1.00 bits per heavy atom. The first-order valence-corrected chi connectivity index (χ1v) is 10.9. The van der Waals surface area contributed by atoms with Gasteiger partial charge in [-0.1, -0.05) is 26.0 Å². The second-order valence-electron chi connectivity index (χ2n) is 7.71. The minimum atomic E-state index is -1.02. The van der Waals surface area contributed by atoms with E-state index >= 15 is 0 Å². The van der Waals surface area contributed by atoms with Crippen LogP contribution in [-0.4, -0.2) is 91.7 Å². The molecule has 0 aliphatic carbocycles. The molecular weight excluding hydrogens is 510 g/mol. The number of nitrogens with two attached hydrogens (primary N) is 5. The van der Waals surface area contributed by atoms with E-state index in [9.17, 15) is 24.0 Å². The van der Waals surface area contributed by atoms with Crippen LogP contribution in [0.2, 0.25) is 0 Å². The molecule has 0 aliphatic heterocycles. The van der Waals surface area contributed by atoms with Crippen molar-refractivity contribution in [1.82, 2.24) is 0 Å². The molecule has 0 amide bonds. The Bertz CT molecular complexity index is 804. The number of phenols is 1. The van der Waals surface area contributed by atoms with E-state index < -0.39 is 48.0 Å². The number of carboxylic acids is 5. The smallest absolute Gasteiger partial charge is 0.320 e. The first-order valence-electron chi connectivity index (χ1n) is 10.9. The molecule has 0 heterocycles. The predicted octanol–water partition coefficient (Wildman–Crippen LogP) is -1.73. The summed E-state index contributed by atoms with van der Waals surface area (Å²) in [5, 5.41) is 48.8. The quantitative estimate of drug-likeness (QED) is 0.162. The zero-order valence-electron chi connectivity index (χ0n) is 21.6. The number of hydrogen-bond acceptors (Lipinski definition) is 11. The maximum Gasteiger partial charge on any atom is 0.320 e. The SMILES string of the molecule is CC(C)C[C@H](N)C(=O)O.C[C@H](N)C(=O)O.NCC(=O)O.NCC(=O)O.N[C@@H](Cc1ccc(O)cc1)C(=O)O. The van der Waals surface area contributed by atoms with Gasteiger partial charge in [0.25, 0.3) is 0 Å². The molecule has 16 heteroatoms. The van der Waals surface area contributed by atoms with Crippen LogP contribution in [0, 0.1) is 5.92 Å². The van der Waals surface area contributed by atoms with Crippen molar-refractivity contribution in [3.8, 4) is 5.75 Å². The van der Waals surface area contributed by atoms with Crippen molar-refractivity contribution in [2.75, 3.05) is 13.1 Å². The molecule has 38 heavy (non-hydrogen) atoms. The Kier molecular flexibility index (Phi) is 27.0. The molecule has 0 saturated heterocycles. The lowest BCUT2D eigenvalue weighted by Gasteiger charge is -2.07. The zero-order chi connectivity index (χ0) is 31.0. The van der Waals surface area contributed by atoms with Crippen LogP contribution in [0.1, 0.15) is 32.8 Å². The fourth-order valence-corrected chi connectivity index (χ4v) is 1.58. The van der Waals surface area contributed by atoms with Gasteiger partial charge in [-0.25, -0.2) is 0 Å². The fraction of sp³-hybridized carbons (Fsp3) is 0.500. The second-order valence-corrected chi connectivity index (χ2v) is 7.71. The number of rotatable bonds is 9. The molecule has 220 valence electrons. The molecule has 16 nitrogen and oxygen atoms in total. The number of phenolic OH excluding ortho intramolecular Hbond substituents is 1. The third-order valence-electron chi connectivity index (χ3n) is 3.49. The lowest BCUT2D eigenvalue weighted by atomic mass is 10.1. The molecule has 16 N–H and O–H groups in total. The summed E-state index contributed by atoms with van der Waals surface area (Å²) in [5.41, 5.74) is 25.3. The van der Waals surface area contributed by atoms with Crippen molar-refractivity contribution < 1.29 is 54.6 Å². The Balaban J connectivity index is -0.000000203. The number of benzene rings is 1. The Morgan fingerprint density at radius 1 is 0.684 bits per heavy atom. The van der Waals surface area contributed by atoms with Gasteiger partial charge in [0.15, 0.2) is 0 Å². The Hall–Kier alpha value is -3.83. The highest BCUT2D eigenvalue weighted by Gasteiger charge is 2.12. The molecule has 0 aliphatic rings. The third-order valence-corrected chi connectivity index (χ3v) is 3.49. The highest BCUT2D eigenvalue weighted by molar-refractivity contribution is 5.73. The minimum Gasteiger partial charge on any atom is -0.508 e. The summed E-state index contributed by atoms with van der Waals surface area (Å²) in [5.74, 6) is -4.31. The van der Waals surface area contributed by atoms with Gasteiger partial charge in [0.2, 0.25) is 0 Å². The highest BCUT2D eigenvalue weighted by atomic mass is 16.4.